The predicted molar refractivity (Wildman–Crippen MR) is 77.5 cm³/mol. The van der Waals surface area contributed by atoms with Crippen LogP contribution >= 0.6 is 0 Å². The topological polar surface area (TPSA) is 32.7 Å². The van der Waals surface area contributed by atoms with Crippen molar-refractivity contribution < 1.29 is 9.84 Å². The molecule has 1 aliphatic rings. The number of aryl methyl sites for hydroxylation is 1. The average Bonchev–Trinajstić information content (AvgIpc) is 2.83. The molecule has 19 heavy (non-hydrogen) atoms. The SMILES string of the molecule is Cc1cccc(OCCCN2CCC(CCO)C2)c1. The predicted octanol–water partition coefficient (Wildman–Crippen LogP) is 2.47. The van der Waals surface area contributed by atoms with Crippen LogP contribution in [0.5, 0.6) is 5.75 Å². The maximum Gasteiger partial charge on any atom is 0.119 e. The number of rotatable bonds is 7. The number of hydrogen-bond donors (Lipinski definition) is 1. The molecule has 0 amide bonds. The van der Waals surface area contributed by atoms with E-state index in [1.807, 2.05) is 12.1 Å². The van der Waals surface area contributed by atoms with Gasteiger partial charge in [-0.1, -0.05) is 12.1 Å². The lowest BCUT2D eigenvalue weighted by Gasteiger charge is -2.16. The Morgan fingerprint density at radius 3 is 3.11 bits per heavy atom. The summed E-state index contributed by atoms with van der Waals surface area (Å²) in [4.78, 5) is 2.49. The van der Waals surface area contributed by atoms with Crippen LogP contribution < -0.4 is 4.74 Å². The van der Waals surface area contributed by atoms with Crippen LogP contribution in [-0.2, 0) is 0 Å². The van der Waals surface area contributed by atoms with Crippen molar-refractivity contribution in [1.29, 1.82) is 0 Å². The summed E-state index contributed by atoms with van der Waals surface area (Å²) < 4.78 is 5.75. The van der Waals surface area contributed by atoms with Gasteiger partial charge in [0.1, 0.15) is 5.75 Å². The van der Waals surface area contributed by atoms with Gasteiger partial charge in [0.2, 0.25) is 0 Å². The summed E-state index contributed by atoms with van der Waals surface area (Å²) in [5.41, 5.74) is 1.24. The standard InChI is InChI=1S/C16H25NO2/c1-14-4-2-5-16(12-14)19-11-3-8-17-9-6-15(13-17)7-10-18/h2,4-5,12,15,18H,3,6-11,13H2,1H3. The van der Waals surface area contributed by atoms with Gasteiger partial charge in [-0.15, -0.1) is 0 Å². The van der Waals surface area contributed by atoms with Crippen molar-refractivity contribution in [2.45, 2.75) is 26.2 Å². The van der Waals surface area contributed by atoms with Crippen molar-refractivity contribution in [3.05, 3.63) is 29.8 Å². The number of aliphatic hydroxyl groups is 1. The van der Waals surface area contributed by atoms with E-state index in [0.29, 0.717) is 12.5 Å². The minimum atomic E-state index is 0.328. The minimum Gasteiger partial charge on any atom is -0.494 e. The van der Waals surface area contributed by atoms with Gasteiger partial charge in [0.05, 0.1) is 6.61 Å². The molecule has 3 heteroatoms. The highest BCUT2D eigenvalue weighted by Crippen LogP contribution is 2.19. The summed E-state index contributed by atoms with van der Waals surface area (Å²) in [5, 5.41) is 8.94. The van der Waals surface area contributed by atoms with E-state index in [9.17, 15) is 0 Å². The summed E-state index contributed by atoms with van der Waals surface area (Å²) in [6.07, 6.45) is 3.26. The molecule has 3 nitrogen and oxygen atoms in total. The maximum atomic E-state index is 8.94. The summed E-state index contributed by atoms with van der Waals surface area (Å²) in [7, 11) is 0. The van der Waals surface area contributed by atoms with Crippen LogP contribution in [-0.4, -0.2) is 42.9 Å². The van der Waals surface area contributed by atoms with Crippen molar-refractivity contribution >= 4 is 0 Å². The molecule has 1 atom stereocenters. The van der Waals surface area contributed by atoms with Gasteiger partial charge in [0.15, 0.2) is 0 Å². The third-order valence-corrected chi connectivity index (χ3v) is 3.78. The highest BCUT2D eigenvalue weighted by Gasteiger charge is 2.21. The number of benzene rings is 1. The van der Waals surface area contributed by atoms with E-state index in [1.54, 1.807) is 0 Å². The number of ether oxygens (including phenoxy) is 1. The van der Waals surface area contributed by atoms with Crippen LogP contribution in [0.2, 0.25) is 0 Å². The van der Waals surface area contributed by atoms with Gasteiger partial charge in [0.25, 0.3) is 0 Å². The fraction of sp³-hybridized carbons (Fsp3) is 0.625. The number of nitrogens with zero attached hydrogens (tertiary/aromatic N) is 1. The Kier molecular flexibility index (Phi) is 5.67. The first-order valence-electron chi connectivity index (χ1n) is 7.30. The first-order chi connectivity index (χ1) is 9.28. The number of hydrogen-bond acceptors (Lipinski definition) is 3. The van der Waals surface area contributed by atoms with Crippen LogP contribution in [0.25, 0.3) is 0 Å². The Morgan fingerprint density at radius 2 is 2.32 bits per heavy atom. The van der Waals surface area contributed by atoms with E-state index < -0.39 is 0 Å². The van der Waals surface area contributed by atoms with E-state index in [-0.39, 0.29) is 0 Å². The molecule has 0 spiro atoms. The molecule has 1 aromatic carbocycles. The molecule has 1 unspecified atom stereocenters. The molecule has 0 radical (unpaired) electrons. The molecule has 0 bridgehead atoms. The zero-order valence-electron chi connectivity index (χ0n) is 11.8. The van der Waals surface area contributed by atoms with Gasteiger partial charge in [-0.3, -0.25) is 0 Å². The Balaban J connectivity index is 1.60. The minimum absolute atomic E-state index is 0.328. The number of likely N-dealkylation sites (tertiary alicyclic amines) is 1. The molecule has 1 saturated heterocycles. The molecule has 0 aromatic heterocycles. The van der Waals surface area contributed by atoms with Gasteiger partial charge in [-0.05, 0) is 56.3 Å². The summed E-state index contributed by atoms with van der Waals surface area (Å²) in [6, 6.07) is 8.20. The third-order valence-electron chi connectivity index (χ3n) is 3.78. The molecule has 1 fully saturated rings. The largest absolute Gasteiger partial charge is 0.494 e. The maximum absolute atomic E-state index is 8.94. The second kappa shape index (κ2) is 7.51. The lowest BCUT2D eigenvalue weighted by molar-refractivity contribution is 0.239. The molecule has 0 aliphatic carbocycles. The van der Waals surface area contributed by atoms with Crippen LogP contribution in [0.3, 0.4) is 0 Å². The molecule has 1 N–H and O–H groups in total. The fourth-order valence-corrected chi connectivity index (χ4v) is 2.72. The number of aliphatic hydroxyl groups excluding tert-OH is 1. The van der Waals surface area contributed by atoms with Crippen molar-refractivity contribution in [3.8, 4) is 5.75 Å². The molecular weight excluding hydrogens is 238 g/mol. The fourth-order valence-electron chi connectivity index (χ4n) is 2.72. The van der Waals surface area contributed by atoms with E-state index >= 15 is 0 Å². The Morgan fingerprint density at radius 1 is 1.42 bits per heavy atom. The summed E-state index contributed by atoms with van der Waals surface area (Å²) >= 11 is 0. The van der Waals surface area contributed by atoms with Crippen LogP contribution in [0.1, 0.15) is 24.8 Å². The first kappa shape index (κ1) is 14.4. The van der Waals surface area contributed by atoms with Crippen LogP contribution in [0.4, 0.5) is 0 Å². The zero-order chi connectivity index (χ0) is 13.5. The van der Waals surface area contributed by atoms with Gasteiger partial charge < -0.3 is 14.7 Å². The Bertz CT molecular complexity index is 381. The van der Waals surface area contributed by atoms with E-state index in [1.165, 1.54) is 18.5 Å². The molecule has 106 valence electrons. The molecular formula is C16H25NO2. The summed E-state index contributed by atoms with van der Waals surface area (Å²) in [6.45, 7) is 6.62. The highest BCUT2D eigenvalue weighted by atomic mass is 16.5. The van der Waals surface area contributed by atoms with Crippen LogP contribution in [0.15, 0.2) is 24.3 Å². The molecule has 1 aliphatic heterocycles. The lowest BCUT2D eigenvalue weighted by Crippen LogP contribution is -2.23. The normalized spacial score (nSPS) is 19.8. The molecule has 0 saturated carbocycles. The molecule has 1 heterocycles. The van der Waals surface area contributed by atoms with Gasteiger partial charge in [-0.25, -0.2) is 0 Å². The molecule has 1 aromatic rings. The highest BCUT2D eigenvalue weighted by molar-refractivity contribution is 5.27. The summed E-state index contributed by atoms with van der Waals surface area (Å²) in [5.74, 6) is 1.67. The van der Waals surface area contributed by atoms with Crippen molar-refractivity contribution in [3.63, 3.8) is 0 Å². The van der Waals surface area contributed by atoms with E-state index in [2.05, 4.69) is 24.0 Å². The van der Waals surface area contributed by atoms with Gasteiger partial charge in [0, 0.05) is 19.7 Å². The molecule has 2 rings (SSSR count). The van der Waals surface area contributed by atoms with Crippen molar-refractivity contribution in [1.82, 2.24) is 4.90 Å². The third kappa shape index (κ3) is 4.84. The first-order valence-corrected chi connectivity index (χ1v) is 7.30. The quantitative estimate of drug-likeness (QED) is 0.767. The van der Waals surface area contributed by atoms with Gasteiger partial charge in [-0.2, -0.15) is 0 Å². The van der Waals surface area contributed by atoms with E-state index in [4.69, 9.17) is 9.84 Å². The Labute approximate surface area is 116 Å². The van der Waals surface area contributed by atoms with Gasteiger partial charge >= 0.3 is 0 Å². The second-order valence-electron chi connectivity index (χ2n) is 5.49. The zero-order valence-corrected chi connectivity index (χ0v) is 11.8. The van der Waals surface area contributed by atoms with Crippen molar-refractivity contribution in [2.75, 3.05) is 32.8 Å². The monoisotopic (exact) mass is 263 g/mol. The Hall–Kier alpha value is -1.06. The average molecular weight is 263 g/mol. The van der Waals surface area contributed by atoms with E-state index in [0.717, 1.165) is 38.3 Å². The second-order valence-corrected chi connectivity index (χ2v) is 5.49. The van der Waals surface area contributed by atoms with Crippen LogP contribution in [0, 0.1) is 12.8 Å². The smallest absolute Gasteiger partial charge is 0.119 e. The van der Waals surface area contributed by atoms with Crippen molar-refractivity contribution in [2.24, 2.45) is 5.92 Å². The lowest BCUT2D eigenvalue weighted by atomic mass is 10.1.